The van der Waals surface area contributed by atoms with Gasteiger partial charge in [-0.15, -0.1) is 0 Å². The minimum atomic E-state index is -3.54. The molecule has 0 bridgehead atoms. The summed E-state index contributed by atoms with van der Waals surface area (Å²) < 4.78 is 44.8. The molecule has 1 saturated heterocycles. The molecule has 21 heavy (non-hydrogen) atoms. The number of sulfonamides is 1. The number of methoxy groups -OCH3 is 1. The van der Waals surface area contributed by atoms with Gasteiger partial charge in [-0.2, -0.15) is 4.31 Å². The predicted octanol–water partition coefficient (Wildman–Crippen LogP) is 1.09. The fraction of sp³-hybridized carbons (Fsp3) is 0.571. The minimum Gasteiger partial charge on any atom is -0.383 e. The molecule has 1 aliphatic rings. The maximum absolute atomic E-state index is 13.3. The van der Waals surface area contributed by atoms with Gasteiger partial charge in [0, 0.05) is 39.8 Å². The highest BCUT2D eigenvalue weighted by Crippen LogP contribution is 2.20. The van der Waals surface area contributed by atoms with E-state index in [4.69, 9.17) is 4.74 Å². The molecule has 7 heteroatoms. The maximum atomic E-state index is 13.3. The number of hydrogen-bond donors (Lipinski definition) is 0. The van der Waals surface area contributed by atoms with Gasteiger partial charge >= 0.3 is 0 Å². The van der Waals surface area contributed by atoms with E-state index in [2.05, 4.69) is 4.90 Å². The van der Waals surface area contributed by atoms with Crippen LogP contribution in [0.25, 0.3) is 0 Å². The molecule has 1 aromatic rings. The lowest BCUT2D eigenvalue weighted by Gasteiger charge is -2.33. The zero-order valence-electron chi connectivity index (χ0n) is 12.4. The number of rotatable bonds is 5. The Kier molecular flexibility index (Phi) is 5.32. The lowest BCUT2D eigenvalue weighted by atomic mass is 10.2. The number of halogens is 1. The first-order chi connectivity index (χ1) is 9.95. The molecule has 0 aliphatic carbocycles. The molecule has 0 spiro atoms. The second kappa shape index (κ2) is 6.83. The lowest BCUT2D eigenvalue weighted by Crippen LogP contribution is -2.49. The smallest absolute Gasteiger partial charge is 0.243 e. The summed E-state index contributed by atoms with van der Waals surface area (Å²) in [5, 5.41) is 0. The third-order valence-corrected chi connectivity index (χ3v) is 5.60. The fourth-order valence-electron chi connectivity index (χ4n) is 2.34. The molecule has 0 unspecified atom stereocenters. The average Bonchev–Trinajstić information content (AvgIpc) is 2.48. The average molecular weight is 316 g/mol. The van der Waals surface area contributed by atoms with Crippen molar-refractivity contribution in [2.24, 2.45) is 0 Å². The molecule has 1 aromatic carbocycles. The summed E-state index contributed by atoms with van der Waals surface area (Å²) in [5.41, 5.74) is 0.342. The van der Waals surface area contributed by atoms with Gasteiger partial charge in [0.1, 0.15) is 5.82 Å². The largest absolute Gasteiger partial charge is 0.383 e. The van der Waals surface area contributed by atoms with Crippen molar-refractivity contribution in [2.45, 2.75) is 11.8 Å². The van der Waals surface area contributed by atoms with Gasteiger partial charge < -0.3 is 4.74 Å². The first kappa shape index (κ1) is 16.4. The summed E-state index contributed by atoms with van der Waals surface area (Å²) in [5.74, 6) is -0.390. The number of piperazine rings is 1. The molecular weight excluding hydrogens is 295 g/mol. The van der Waals surface area contributed by atoms with Crippen LogP contribution in [0.5, 0.6) is 0 Å². The molecule has 1 heterocycles. The molecule has 1 aliphatic heterocycles. The normalized spacial score (nSPS) is 18.0. The van der Waals surface area contributed by atoms with Gasteiger partial charge in [0.2, 0.25) is 10.0 Å². The van der Waals surface area contributed by atoms with E-state index in [0.29, 0.717) is 38.3 Å². The number of aryl methyl sites for hydroxylation is 1. The summed E-state index contributed by atoms with van der Waals surface area (Å²) in [4.78, 5) is 2.33. The van der Waals surface area contributed by atoms with Gasteiger partial charge in [0.15, 0.2) is 0 Å². The summed E-state index contributed by atoms with van der Waals surface area (Å²) in [6.45, 7) is 5.28. The van der Waals surface area contributed by atoms with Crippen molar-refractivity contribution in [3.8, 4) is 0 Å². The first-order valence-electron chi connectivity index (χ1n) is 6.93. The zero-order chi connectivity index (χ0) is 15.5. The van der Waals surface area contributed by atoms with E-state index in [1.54, 1.807) is 14.0 Å². The van der Waals surface area contributed by atoms with Crippen molar-refractivity contribution in [1.29, 1.82) is 0 Å². The van der Waals surface area contributed by atoms with E-state index in [9.17, 15) is 12.8 Å². The molecule has 0 radical (unpaired) electrons. The Bertz CT molecular complexity index is 584. The Labute approximate surface area is 125 Å². The van der Waals surface area contributed by atoms with E-state index in [-0.39, 0.29) is 4.90 Å². The van der Waals surface area contributed by atoms with Gasteiger partial charge in [-0.05, 0) is 30.7 Å². The van der Waals surface area contributed by atoms with Crippen LogP contribution in [-0.4, -0.2) is 64.1 Å². The van der Waals surface area contributed by atoms with Crippen molar-refractivity contribution >= 4 is 10.0 Å². The lowest BCUT2D eigenvalue weighted by molar-refractivity contribution is 0.123. The van der Waals surface area contributed by atoms with Gasteiger partial charge in [0.05, 0.1) is 11.5 Å². The summed E-state index contributed by atoms with van der Waals surface area (Å²) >= 11 is 0. The van der Waals surface area contributed by atoms with Crippen LogP contribution in [0.15, 0.2) is 23.1 Å². The van der Waals surface area contributed by atoms with Gasteiger partial charge in [-0.25, -0.2) is 12.8 Å². The Hall–Kier alpha value is -1.02. The Morgan fingerprint density at radius 1 is 1.24 bits per heavy atom. The van der Waals surface area contributed by atoms with Crippen LogP contribution in [-0.2, 0) is 14.8 Å². The van der Waals surface area contributed by atoms with Crippen molar-refractivity contribution < 1.29 is 17.5 Å². The molecule has 1 fully saturated rings. The van der Waals surface area contributed by atoms with E-state index >= 15 is 0 Å². The zero-order valence-corrected chi connectivity index (χ0v) is 13.2. The number of nitrogens with zero attached hydrogens (tertiary/aromatic N) is 2. The quantitative estimate of drug-likeness (QED) is 0.816. The Morgan fingerprint density at radius 3 is 2.48 bits per heavy atom. The molecule has 0 atom stereocenters. The maximum Gasteiger partial charge on any atom is 0.243 e. The van der Waals surface area contributed by atoms with Crippen LogP contribution in [0, 0.1) is 12.7 Å². The summed E-state index contributed by atoms with van der Waals surface area (Å²) in [6.07, 6.45) is 0. The van der Waals surface area contributed by atoms with Gasteiger partial charge in [0.25, 0.3) is 0 Å². The first-order valence-corrected chi connectivity index (χ1v) is 8.37. The van der Waals surface area contributed by atoms with E-state index in [1.165, 1.54) is 22.5 Å². The van der Waals surface area contributed by atoms with E-state index in [1.807, 2.05) is 0 Å². The predicted molar refractivity (Wildman–Crippen MR) is 78.2 cm³/mol. The summed E-state index contributed by atoms with van der Waals surface area (Å²) in [6, 6.07) is 3.92. The molecule has 5 nitrogen and oxygen atoms in total. The van der Waals surface area contributed by atoms with Crippen molar-refractivity contribution in [3.63, 3.8) is 0 Å². The van der Waals surface area contributed by atoms with Crippen molar-refractivity contribution in [3.05, 3.63) is 29.6 Å². The highest BCUT2D eigenvalue weighted by molar-refractivity contribution is 7.89. The standard InChI is InChI=1S/C14H21FN2O3S/c1-12-11-13(3-4-14(12)15)21(18,19)17-7-5-16(6-8-17)9-10-20-2/h3-4,11H,5-10H2,1-2H3. The van der Waals surface area contributed by atoms with Crippen LogP contribution in [0.3, 0.4) is 0 Å². The van der Waals surface area contributed by atoms with Crippen LogP contribution in [0.2, 0.25) is 0 Å². The van der Waals surface area contributed by atoms with Gasteiger partial charge in [-0.1, -0.05) is 0 Å². The molecule has 118 valence electrons. The third kappa shape index (κ3) is 3.79. The second-order valence-corrected chi connectivity index (χ2v) is 7.09. The topological polar surface area (TPSA) is 49.9 Å². The van der Waals surface area contributed by atoms with Crippen LogP contribution < -0.4 is 0 Å². The van der Waals surface area contributed by atoms with E-state index < -0.39 is 15.8 Å². The highest BCUT2D eigenvalue weighted by atomic mass is 32.2. The molecule has 0 saturated carbocycles. The SMILES string of the molecule is COCCN1CCN(S(=O)(=O)c2ccc(F)c(C)c2)CC1. The van der Waals surface area contributed by atoms with Crippen LogP contribution in [0.4, 0.5) is 4.39 Å². The number of hydrogen-bond acceptors (Lipinski definition) is 4. The molecule has 0 aromatic heterocycles. The molecule has 0 N–H and O–H groups in total. The highest BCUT2D eigenvalue weighted by Gasteiger charge is 2.28. The number of benzene rings is 1. The fourth-order valence-corrected chi connectivity index (χ4v) is 3.85. The minimum absolute atomic E-state index is 0.159. The molecular formula is C14H21FN2O3S. The Balaban J connectivity index is 2.06. The summed E-state index contributed by atoms with van der Waals surface area (Å²) in [7, 11) is -1.89. The molecule has 2 rings (SSSR count). The second-order valence-electron chi connectivity index (χ2n) is 5.15. The van der Waals surface area contributed by atoms with Crippen LogP contribution in [0.1, 0.15) is 5.56 Å². The number of ether oxygens (including phenoxy) is 1. The third-order valence-electron chi connectivity index (χ3n) is 3.71. The van der Waals surface area contributed by atoms with Crippen molar-refractivity contribution in [1.82, 2.24) is 9.21 Å². The van der Waals surface area contributed by atoms with Crippen LogP contribution >= 0.6 is 0 Å². The monoisotopic (exact) mass is 316 g/mol. The molecule has 0 amide bonds. The van der Waals surface area contributed by atoms with Gasteiger partial charge in [-0.3, -0.25) is 4.90 Å². The van der Waals surface area contributed by atoms with Crippen molar-refractivity contribution in [2.75, 3.05) is 46.4 Å². The van der Waals surface area contributed by atoms with E-state index in [0.717, 1.165) is 6.54 Å². The Morgan fingerprint density at radius 2 is 1.90 bits per heavy atom.